The number of aromatic nitrogens is 5. The molecule has 1 N–H and O–H groups in total. The minimum Gasteiger partial charge on any atom is -0.425 e. The first-order chi connectivity index (χ1) is 12.8. The number of hydrogen-bond donors (Lipinski definition) is 1. The van der Waals surface area contributed by atoms with Gasteiger partial charge in [-0.25, -0.2) is 0 Å². The molecule has 1 saturated heterocycles. The van der Waals surface area contributed by atoms with Gasteiger partial charge in [-0.05, 0) is 31.4 Å². The van der Waals surface area contributed by atoms with E-state index in [-0.39, 0.29) is 0 Å². The number of thioether (sulfide) groups is 1. The number of para-hydroxylation sites is 1. The van der Waals surface area contributed by atoms with Gasteiger partial charge >= 0.3 is 0 Å². The van der Waals surface area contributed by atoms with Gasteiger partial charge in [0.05, 0.1) is 18.8 Å². The third-order valence-electron chi connectivity index (χ3n) is 4.58. The van der Waals surface area contributed by atoms with E-state index >= 15 is 0 Å². The van der Waals surface area contributed by atoms with Crippen LogP contribution in [-0.2, 0) is 12.3 Å². The van der Waals surface area contributed by atoms with Crippen molar-refractivity contribution in [2.24, 2.45) is 0 Å². The average Bonchev–Trinajstić information content (AvgIpc) is 3.27. The first-order valence-corrected chi connectivity index (χ1v) is 10.0. The summed E-state index contributed by atoms with van der Waals surface area (Å²) in [5.74, 6) is 2.79. The second kappa shape index (κ2) is 8.01. The summed E-state index contributed by atoms with van der Waals surface area (Å²) in [4.78, 5) is 1.59. The summed E-state index contributed by atoms with van der Waals surface area (Å²) in [6.07, 6.45) is 3.94. The Labute approximate surface area is 156 Å². The summed E-state index contributed by atoms with van der Waals surface area (Å²) in [6, 6.07) is 10.3. The summed E-state index contributed by atoms with van der Waals surface area (Å²) >= 11 is 1.58. The van der Waals surface area contributed by atoms with Crippen molar-refractivity contribution >= 4 is 11.8 Å². The minimum absolute atomic E-state index is 0.583. The number of nitrogens with zero attached hydrogens (tertiary/aromatic N) is 5. The fourth-order valence-electron chi connectivity index (χ4n) is 3.32. The molecule has 136 valence electrons. The number of likely N-dealkylation sites (tertiary alicyclic amines) is 1. The van der Waals surface area contributed by atoms with Gasteiger partial charge in [0.25, 0.3) is 0 Å². The van der Waals surface area contributed by atoms with Crippen LogP contribution in [0.4, 0.5) is 0 Å². The predicted octanol–water partition coefficient (Wildman–Crippen LogP) is 1.82. The highest BCUT2D eigenvalue weighted by atomic mass is 32.2. The lowest BCUT2D eigenvalue weighted by Gasteiger charge is -2.23. The molecule has 1 fully saturated rings. The number of rotatable bonds is 6. The lowest BCUT2D eigenvalue weighted by atomic mass is 10.1. The second-order valence-electron chi connectivity index (χ2n) is 6.56. The third kappa shape index (κ3) is 3.96. The Morgan fingerprint density at radius 3 is 2.58 bits per heavy atom. The molecule has 26 heavy (non-hydrogen) atoms. The number of quaternary nitrogens is 1. The molecule has 0 unspecified atom stereocenters. The molecule has 0 radical (unpaired) electrons. The van der Waals surface area contributed by atoms with E-state index in [1.807, 2.05) is 18.2 Å². The van der Waals surface area contributed by atoms with Crippen LogP contribution in [0.3, 0.4) is 0 Å². The molecule has 3 heterocycles. The number of benzene rings is 1. The number of aryl methyl sites for hydroxylation is 1. The van der Waals surface area contributed by atoms with Gasteiger partial charge < -0.3 is 9.32 Å². The molecule has 0 saturated carbocycles. The second-order valence-corrected chi connectivity index (χ2v) is 7.50. The molecular formula is C18H23N6OS+. The first-order valence-electron chi connectivity index (χ1n) is 9.04. The minimum atomic E-state index is 0.583. The van der Waals surface area contributed by atoms with E-state index in [2.05, 4.69) is 37.1 Å². The van der Waals surface area contributed by atoms with Gasteiger partial charge in [-0.15, -0.1) is 20.4 Å². The van der Waals surface area contributed by atoms with E-state index in [1.165, 1.54) is 32.4 Å². The van der Waals surface area contributed by atoms with E-state index < -0.39 is 0 Å². The lowest BCUT2D eigenvalue weighted by Crippen LogP contribution is -3.11. The molecule has 0 aliphatic carbocycles. The maximum atomic E-state index is 5.47. The zero-order chi connectivity index (χ0) is 17.8. The standard InChI is InChI=1S/C18H22N6OS/c1-14-19-21-17(25-14)13-26-18-22-20-16(12-23-10-6-3-7-11-23)24(18)15-8-4-2-5-9-15/h2,4-5,8-9H,3,6-7,10-13H2,1H3/p+1. The van der Waals surface area contributed by atoms with Crippen LogP contribution in [-0.4, -0.2) is 38.1 Å². The van der Waals surface area contributed by atoms with Crippen LogP contribution >= 0.6 is 11.8 Å². The highest BCUT2D eigenvalue weighted by molar-refractivity contribution is 7.98. The Kier molecular flexibility index (Phi) is 5.31. The predicted molar refractivity (Wildman–Crippen MR) is 98.2 cm³/mol. The quantitative estimate of drug-likeness (QED) is 0.666. The summed E-state index contributed by atoms with van der Waals surface area (Å²) in [5, 5.41) is 17.8. The molecule has 1 aliphatic heterocycles. The van der Waals surface area contributed by atoms with Crippen LogP contribution in [0.15, 0.2) is 39.9 Å². The van der Waals surface area contributed by atoms with Crippen LogP contribution in [0.1, 0.15) is 36.9 Å². The van der Waals surface area contributed by atoms with Crippen molar-refractivity contribution in [3.63, 3.8) is 0 Å². The monoisotopic (exact) mass is 371 g/mol. The molecule has 1 aromatic carbocycles. The molecule has 0 bridgehead atoms. The normalized spacial score (nSPS) is 15.4. The maximum Gasteiger partial charge on any atom is 0.226 e. The van der Waals surface area contributed by atoms with Crippen molar-refractivity contribution in [3.8, 4) is 5.69 Å². The molecule has 1 aliphatic rings. The lowest BCUT2D eigenvalue weighted by molar-refractivity contribution is -0.919. The van der Waals surface area contributed by atoms with Gasteiger partial charge in [0, 0.05) is 12.6 Å². The molecule has 3 aromatic rings. The molecule has 0 atom stereocenters. The van der Waals surface area contributed by atoms with Crippen LogP contribution in [0.25, 0.3) is 5.69 Å². The zero-order valence-electron chi connectivity index (χ0n) is 14.9. The van der Waals surface area contributed by atoms with Crippen molar-refractivity contribution < 1.29 is 9.32 Å². The van der Waals surface area contributed by atoms with Crippen molar-refractivity contribution in [1.82, 2.24) is 25.0 Å². The molecule has 0 spiro atoms. The SMILES string of the molecule is Cc1nnc(CSc2nnc(C[NH+]3CCCCC3)n2-c2ccccc2)o1. The van der Waals surface area contributed by atoms with Crippen molar-refractivity contribution in [3.05, 3.63) is 47.9 Å². The highest BCUT2D eigenvalue weighted by Crippen LogP contribution is 2.24. The van der Waals surface area contributed by atoms with Gasteiger partial charge in [0.1, 0.15) is 6.54 Å². The van der Waals surface area contributed by atoms with Crippen LogP contribution in [0.2, 0.25) is 0 Å². The smallest absolute Gasteiger partial charge is 0.226 e. The average molecular weight is 371 g/mol. The Bertz CT molecular complexity index is 841. The Balaban J connectivity index is 1.58. The maximum absolute atomic E-state index is 5.47. The van der Waals surface area contributed by atoms with Gasteiger partial charge in [-0.1, -0.05) is 30.0 Å². The summed E-state index contributed by atoms with van der Waals surface area (Å²) in [7, 11) is 0. The molecular weight excluding hydrogens is 348 g/mol. The van der Waals surface area contributed by atoms with Crippen LogP contribution in [0.5, 0.6) is 0 Å². The highest BCUT2D eigenvalue weighted by Gasteiger charge is 2.21. The molecule has 0 amide bonds. The Morgan fingerprint density at radius 1 is 1.04 bits per heavy atom. The first kappa shape index (κ1) is 17.2. The van der Waals surface area contributed by atoms with Crippen LogP contribution < -0.4 is 4.90 Å². The largest absolute Gasteiger partial charge is 0.425 e. The summed E-state index contributed by atoms with van der Waals surface area (Å²) < 4.78 is 7.64. The fraction of sp³-hybridized carbons (Fsp3) is 0.444. The number of nitrogens with one attached hydrogen (secondary N) is 1. The molecule has 7 nitrogen and oxygen atoms in total. The molecule has 4 rings (SSSR count). The van der Waals surface area contributed by atoms with Gasteiger partial charge in [0.15, 0.2) is 11.0 Å². The van der Waals surface area contributed by atoms with E-state index in [4.69, 9.17) is 4.42 Å². The molecule has 2 aromatic heterocycles. The van der Waals surface area contributed by atoms with Crippen molar-refractivity contribution in [2.45, 2.75) is 43.6 Å². The van der Waals surface area contributed by atoms with Gasteiger partial charge in [0.2, 0.25) is 11.8 Å². The van der Waals surface area contributed by atoms with E-state index in [0.717, 1.165) is 23.2 Å². The topological polar surface area (TPSA) is 74.1 Å². The number of hydrogen-bond acceptors (Lipinski definition) is 6. The fourth-order valence-corrected chi connectivity index (χ4v) is 4.13. The van der Waals surface area contributed by atoms with Gasteiger partial charge in [-0.3, -0.25) is 4.57 Å². The summed E-state index contributed by atoms with van der Waals surface area (Å²) in [5.41, 5.74) is 1.09. The molecule has 8 heteroatoms. The zero-order valence-corrected chi connectivity index (χ0v) is 15.7. The van der Waals surface area contributed by atoms with Crippen LogP contribution in [0, 0.1) is 6.92 Å². The van der Waals surface area contributed by atoms with Gasteiger partial charge in [-0.2, -0.15) is 0 Å². The number of piperidine rings is 1. The van der Waals surface area contributed by atoms with E-state index in [1.54, 1.807) is 23.6 Å². The Morgan fingerprint density at radius 2 is 1.85 bits per heavy atom. The van der Waals surface area contributed by atoms with E-state index in [9.17, 15) is 0 Å². The van der Waals surface area contributed by atoms with Crippen molar-refractivity contribution in [1.29, 1.82) is 0 Å². The summed E-state index contributed by atoms with van der Waals surface area (Å²) in [6.45, 7) is 5.13. The van der Waals surface area contributed by atoms with E-state index in [0.29, 0.717) is 17.5 Å². The third-order valence-corrected chi connectivity index (χ3v) is 5.49. The van der Waals surface area contributed by atoms with Crippen molar-refractivity contribution in [2.75, 3.05) is 13.1 Å². The Hall–Kier alpha value is -2.19.